The van der Waals surface area contributed by atoms with Gasteiger partial charge in [-0.1, -0.05) is 19.8 Å². The van der Waals surface area contributed by atoms with Gasteiger partial charge in [0.1, 0.15) is 5.82 Å². The average Bonchev–Trinajstić information content (AvgIpc) is 3.00. The lowest BCUT2D eigenvalue weighted by atomic mass is 10.1. The second-order valence-electron chi connectivity index (χ2n) is 5.86. The molecule has 0 amide bonds. The Bertz CT molecular complexity index is 402. The highest BCUT2D eigenvalue weighted by Gasteiger charge is 2.23. The Balaban J connectivity index is 1.86. The Morgan fingerprint density at radius 1 is 1.33 bits per heavy atom. The monoisotopic (exact) mass is 247 g/mol. The second-order valence-corrected chi connectivity index (χ2v) is 5.86. The van der Waals surface area contributed by atoms with Crippen molar-refractivity contribution in [2.45, 2.75) is 65.0 Å². The van der Waals surface area contributed by atoms with Gasteiger partial charge in [-0.15, -0.1) is 0 Å². The van der Waals surface area contributed by atoms with Gasteiger partial charge in [-0.25, -0.2) is 4.98 Å². The summed E-state index contributed by atoms with van der Waals surface area (Å²) in [6.07, 6.45) is 9.23. The molecular weight excluding hydrogens is 222 g/mol. The highest BCUT2D eigenvalue weighted by molar-refractivity contribution is 5.20. The van der Waals surface area contributed by atoms with Crippen molar-refractivity contribution in [2.24, 2.45) is 5.92 Å². The van der Waals surface area contributed by atoms with E-state index >= 15 is 0 Å². The third kappa shape index (κ3) is 2.33. The average molecular weight is 247 g/mol. The number of aryl methyl sites for hydroxylation is 1. The maximum atomic E-state index is 4.88. The molecule has 1 aromatic rings. The minimum Gasteiger partial charge on any atom is -0.331 e. The topological polar surface area (TPSA) is 29.9 Å². The molecule has 0 atom stereocenters. The molecule has 0 saturated heterocycles. The van der Waals surface area contributed by atoms with Crippen molar-refractivity contribution < 1.29 is 0 Å². The van der Waals surface area contributed by atoms with E-state index in [1.54, 1.807) is 0 Å². The van der Waals surface area contributed by atoms with Crippen LogP contribution in [0.5, 0.6) is 0 Å². The van der Waals surface area contributed by atoms with E-state index < -0.39 is 0 Å². The van der Waals surface area contributed by atoms with Crippen molar-refractivity contribution >= 4 is 0 Å². The number of aromatic nitrogens is 2. The zero-order chi connectivity index (χ0) is 12.4. The van der Waals surface area contributed by atoms with Crippen LogP contribution < -0.4 is 5.32 Å². The van der Waals surface area contributed by atoms with Gasteiger partial charge >= 0.3 is 0 Å². The van der Waals surface area contributed by atoms with Gasteiger partial charge in [0, 0.05) is 38.2 Å². The van der Waals surface area contributed by atoms with Gasteiger partial charge < -0.3 is 9.88 Å². The molecule has 0 spiro atoms. The lowest BCUT2D eigenvalue weighted by Crippen LogP contribution is -2.25. The van der Waals surface area contributed by atoms with Gasteiger partial charge in [-0.2, -0.15) is 0 Å². The molecule has 0 unspecified atom stereocenters. The van der Waals surface area contributed by atoms with E-state index in [1.165, 1.54) is 62.3 Å². The second kappa shape index (κ2) is 5.43. The summed E-state index contributed by atoms with van der Waals surface area (Å²) in [4.78, 5) is 4.88. The summed E-state index contributed by atoms with van der Waals surface area (Å²) in [5, 5.41) is 3.44. The quantitative estimate of drug-likeness (QED) is 0.886. The van der Waals surface area contributed by atoms with Gasteiger partial charge in [0.05, 0.1) is 5.69 Å². The molecule has 3 heteroatoms. The van der Waals surface area contributed by atoms with Crippen molar-refractivity contribution in [3.8, 4) is 0 Å². The van der Waals surface area contributed by atoms with Crippen molar-refractivity contribution in [1.82, 2.24) is 14.9 Å². The number of hydrogen-bond donors (Lipinski definition) is 1. The summed E-state index contributed by atoms with van der Waals surface area (Å²) < 4.78 is 2.58. The summed E-state index contributed by atoms with van der Waals surface area (Å²) in [6, 6.07) is 0. The molecule has 1 fully saturated rings. The van der Waals surface area contributed by atoms with E-state index in [0.29, 0.717) is 0 Å². The first-order chi connectivity index (χ1) is 8.88. The van der Waals surface area contributed by atoms with Gasteiger partial charge in [0.2, 0.25) is 0 Å². The largest absolute Gasteiger partial charge is 0.331 e. The summed E-state index contributed by atoms with van der Waals surface area (Å²) in [7, 11) is 0. The Labute approximate surface area is 110 Å². The standard InChI is InChI=1S/C15H25N3/c1-2-5-15-17-13-10-16-9-8-14(13)18(15)11-12-6-3-4-7-12/h12,16H,2-11H2,1H3. The van der Waals surface area contributed by atoms with E-state index in [9.17, 15) is 0 Å². The molecular formula is C15H25N3. The fourth-order valence-corrected chi connectivity index (χ4v) is 3.51. The predicted molar refractivity (Wildman–Crippen MR) is 73.6 cm³/mol. The SMILES string of the molecule is CCCc1nc2c(n1CC1CCCC1)CCNC2. The summed E-state index contributed by atoms with van der Waals surface area (Å²) in [6.45, 7) is 5.59. The number of fused-ring (bicyclic) bond motifs is 1. The highest BCUT2D eigenvalue weighted by Crippen LogP contribution is 2.28. The predicted octanol–water partition coefficient (Wildman–Crippen LogP) is 2.67. The molecule has 1 saturated carbocycles. The Hall–Kier alpha value is -0.830. The first-order valence-electron chi connectivity index (χ1n) is 7.66. The van der Waals surface area contributed by atoms with Crippen molar-refractivity contribution in [3.05, 3.63) is 17.2 Å². The lowest BCUT2D eigenvalue weighted by Gasteiger charge is -2.19. The van der Waals surface area contributed by atoms with Gasteiger partial charge in [0.25, 0.3) is 0 Å². The van der Waals surface area contributed by atoms with E-state index in [2.05, 4.69) is 16.8 Å². The molecule has 18 heavy (non-hydrogen) atoms. The molecule has 100 valence electrons. The van der Waals surface area contributed by atoms with Crippen LogP contribution in [0.4, 0.5) is 0 Å². The van der Waals surface area contributed by atoms with Crippen LogP contribution in [0.15, 0.2) is 0 Å². The minimum atomic E-state index is 0.911. The molecule has 3 nitrogen and oxygen atoms in total. The van der Waals surface area contributed by atoms with Crippen LogP contribution in [0.25, 0.3) is 0 Å². The number of nitrogens with one attached hydrogen (secondary N) is 1. The van der Waals surface area contributed by atoms with E-state index in [1.807, 2.05) is 0 Å². The third-order valence-electron chi connectivity index (χ3n) is 4.45. The Kier molecular flexibility index (Phi) is 3.69. The summed E-state index contributed by atoms with van der Waals surface area (Å²) in [5.74, 6) is 2.26. The van der Waals surface area contributed by atoms with Crippen LogP contribution in [-0.2, 0) is 25.9 Å². The molecule has 1 N–H and O–H groups in total. The fourth-order valence-electron chi connectivity index (χ4n) is 3.51. The number of hydrogen-bond acceptors (Lipinski definition) is 2. The first kappa shape index (κ1) is 12.2. The van der Waals surface area contributed by atoms with Crippen molar-refractivity contribution in [2.75, 3.05) is 6.54 Å². The van der Waals surface area contributed by atoms with Crippen LogP contribution in [0.3, 0.4) is 0 Å². The number of rotatable bonds is 4. The normalized spacial score (nSPS) is 20.3. The van der Waals surface area contributed by atoms with Crippen LogP contribution in [0, 0.1) is 5.92 Å². The Morgan fingerprint density at radius 2 is 2.17 bits per heavy atom. The number of imidazole rings is 1. The molecule has 0 bridgehead atoms. The van der Waals surface area contributed by atoms with Gasteiger partial charge in [-0.3, -0.25) is 0 Å². The van der Waals surface area contributed by atoms with Gasteiger partial charge in [-0.05, 0) is 25.2 Å². The molecule has 1 aromatic heterocycles. The molecule has 0 aromatic carbocycles. The molecule has 2 heterocycles. The van der Waals surface area contributed by atoms with Crippen LogP contribution >= 0.6 is 0 Å². The van der Waals surface area contributed by atoms with Crippen LogP contribution in [0.1, 0.15) is 56.2 Å². The maximum Gasteiger partial charge on any atom is 0.109 e. The molecule has 3 rings (SSSR count). The Morgan fingerprint density at radius 3 is 2.94 bits per heavy atom. The zero-order valence-corrected chi connectivity index (χ0v) is 11.5. The fraction of sp³-hybridized carbons (Fsp3) is 0.800. The van der Waals surface area contributed by atoms with Crippen molar-refractivity contribution in [3.63, 3.8) is 0 Å². The molecule has 1 aliphatic carbocycles. The molecule has 2 aliphatic rings. The third-order valence-corrected chi connectivity index (χ3v) is 4.45. The maximum absolute atomic E-state index is 4.88. The van der Waals surface area contributed by atoms with E-state index in [-0.39, 0.29) is 0 Å². The molecule has 0 radical (unpaired) electrons. The first-order valence-corrected chi connectivity index (χ1v) is 7.66. The minimum absolute atomic E-state index is 0.911. The molecule has 1 aliphatic heterocycles. The van der Waals surface area contributed by atoms with E-state index in [4.69, 9.17) is 4.98 Å². The van der Waals surface area contributed by atoms with Crippen molar-refractivity contribution in [1.29, 1.82) is 0 Å². The van der Waals surface area contributed by atoms with E-state index in [0.717, 1.165) is 25.4 Å². The lowest BCUT2D eigenvalue weighted by molar-refractivity contribution is 0.433. The summed E-state index contributed by atoms with van der Waals surface area (Å²) >= 11 is 0. The zero-order valence-electron chi connectivity index (χ0n) is 11.5. The number of nitrogens with zero attached hydrogens (tertiary/aromatic N) is 2. The summed E-state index contributed by atoms with van der Waals surface area (Å²) in [5.41, 5.74) is 2.85. The van der Waals surface area contributed by atoms with Gasteiger partial charge in [0.15, 0.2) is 0 Å². The van der Waals surface area contributed by atoms with Crippen LogP contribution in [0.2, 0.25) is 0 Å². The van der Waals surface area contributed by atoms with Crippen LogP contribution in [-0.4, -0.2) is 16.1 Å². The highest BCUT2D eigenvalue weighted by atomic mass is 15.1. The smallest absolute Gasteiger partial charge is 0.109 e.